The Morgan fingerprint density at radius 3 is 1.80 bits per heavy atom. The molecule has 11 rings (SSSR count). The summed E-state index contributed by atoms with van der Waals surface area (Å²) in [5.74, 6) is 5.03. The zero-order valence-electron chi connectivity index (χ0n) is 55.4. The van der Waals surface area contributed by atoms with Crippen LogP contribution in [-0.4, -0.2) is 4.98 Å². The van der Waals surface area contributed by atoms with Gasteiger partial charge in [0.2, 0.25) is 0 Å². The van der Waals surface area contributed by atoms with Gasteiger partial charge in [-0.15, -0.1) is 35.8 Å². The molecule has 2 aliphatic rings. The lowest BCUT2D eigenvalue weighted by molar-refractivity contribution is 0.862. The fraction of sp³-hybridized carbons (Fsp3) is 0.148. The Morgan fingerprint density at radius 1 is 0.596 bits per heavy atom. The normalized spacial score (nSPS) is 14.6. The van der Waals surface area contributed by atoms with Crippen molar-refractivity contribution in [1.29, 1.82) is 0 Å². The van der Waals surface area contributed by atoms with E-state index in [-0.39, 0.29) is 0 Å². The molecule has 0 bridgehead atoms. The largest absolute Gasteiger partial charge is 0.359 e. The molecule has 0 unspecified atom stereocenters. The molecule has 1 N–H and O–H groups in total. The topological polar surface area (TPSA) is 28.8 Å². The van der Waals surface area contributed by atoms with E-state index in [1.807, 2.05) is 11.3 Å². The van der Waals surface area contributed by atoms with Gasteiger partial charge in [-0.3, -0.25) is 0 Å². The van der Waals surface area contributed by atoms with Crippen LogP contribution in [0.15, 0.2) is 324 Å². The van der Waals surface area contributed by atoms with E-state index in [1.165, 1.54) is 42.9 Å². The molecule has 0 saturated carbocycles. The molecule has 2 heterocycles. The maximum Gasteiger partial charge on any atom is 0.0540 e. The van der Waals surface area contributed by atoms with Crippen LogP contribution in [0.5, 0.6) is 0 Å². The summed E-state index contributed by atoms with van der Waals surface area (Å²) in [5.41, 5.74) is 25.3. The minimum Gasteiger partial charge on any atom is -0.359 e. The van der Waals surface area contributed by atoms with E-state index >= 15 is 0 Å². The predicted molar refractivity (Wildman–Crippen MR) is 408 cm³/mol. The average molecular weight is 1240 g/mol. The summed E-state index contributed by atoms with van der Waals surface area (Å²) >= 11 is 1.82. The molecular weight excluding hydrogens is 1160 g/mol. The second-order valence-electron chi connectivity index (χ2n) is 23.6. The lowest BCUT2D eigenvalue weighted by Gasteiger charge is -2.31. The number of nitrogens with one attached hydrogen (secondary N) is 1. The second kappa shape index (κ2) is 32.3. The highest BCUT2D eigenvalue weighted by Crippen LogP contribution is 2.44. The van der Waals surface area contributed by atoms with Gasteiger partial charge in [-0.2, -0.15) is 0 Å². The molecule has 6 heteroatoms. The average Bonchev–Trinajstić information content (AvgIpc) is 1.02. The van der Waals surface area contributed by atoms with Crippen molar-refractivity contribution < 1.29 is 0 Å². The number of benzene rings is 7. The number of terminal acetylenes is 2. The van der Waals surface area contributed by atoms with Crippen molar-refractivity contribution >= 4 is 73.3 Å². The van der Waals surface area contributed by atoms with Crippen LogP contribution >= 0.6 is 11.3 Å². The Kier molecular flexibility index (Phi) is 22.7. The van der Waals surface area contributed by atoms with Crippen LogP contribution in [0.2, 0.25) is 0 Å². The lowest BCUT2D eigenvalue weighted by atomic mass is 10.1. The third-order valence-electron chi connectivity index (χ3n) is 16.4. The van der Waals surface area contributed by atoms with Crippen LogP contribution in [0.3, 0.4) is 0 Å². The van der Waals surface area contributed by atoms with Gasteiger partial charge in [0.15, 0.2) is 0 Å². The number of hydrogen-bond donors (Lipinski definition) is 1. The Balaban J connectivity index is 0.00000315. The van der Waals surface area contributed by atoms with E-state index in [1.54, 1.807) is 13.0 Å². The molecule has 5 nitrogen and oxygen atoms in total. The SMILES string of the molecule is C#C/C=C\C(=C(\C)C/C=C\C)N(C1=CC=C(/C(C)=C/C=C(C)C)C=C=C1)c1ccc(N(c2ccc(N(/C3=C/C=C\CCC/C=C\C3)c3ccc(-c4ccc(C)[nH]4)cc3)cc2)c2ccc(N(c3ccc(-c4ccc(C)s4)cc3)c3cccc4ccccc34)cc2)cc1.C#CC. The van der Waals surface area contributed by atoms with E-state index in [0.29, 0.717) is 0 Å². The highest BCUT2D eigenvalue weighted by molar-refractivity contribution is 7.15. The molecule has 0 spiro atoms. The van der Waals surface area contributed by atoms with Crippen LogP contribution in [0.1, 0.15) is 84.2 Å². The first kappa shape index (κ1) is 66.0. The van der Waals surface area contributed by atoms with Crippen molar-refractivity contribution in [1.82, 2.24) is 4.98 Å². The van der Waals surface area contributed by atoms with Gasteiger partial charge in [-0.25, -0.2) is 0 Å². The number of aromatic amines is 1. The number of hydrogen-bond acceptors (Lipinski definition) is 5. The molecule has 94 heavy (non-hydrogen) atoms. The first-order valence-electron chi connectivity index (χ1n) is 32.3. The quantitative estimate of drug-likeness (QED) is 0.0378. The standard InChI is InChI=1S/C85H79N5S.C3H4/c1-9-11-24-64(6)83(32-12-10-2)89(72-30-22-26-67(38-43-72)63(5)35-34-62(3)4)79-56-52-76(53-57-79)88(75-50-48-74(49-51-75)87(71-28-18-16-14-13-15-17-19-29-71)73-44-39-69(40-45-73)82-60-36-65(7)86-82)77-54-58-80(59-55-77)90(84-33-23-27-68-25-20-21-31-81(68)84)78-46-41-70(42-47-78)85-61-37-66(8)91-85;1-3-2/h2,9,11-12,16-21,23,25-28,30-61,86H,13-15,24,29H2,1,3-8H3;1H,2H3/b11-9-,18-16-,19-17-,32-12-,63-35+,71-28+,83-64+;. The van der Waals surface area contributed by atoms with Crippen LogP contribution in [0.25, 0.3) is 32.5 Å². The third kappa shape index (κ3) is 16.4. The molecule has 0 saturated heterocycles. The van der Waals surface area contributed by atoms with E-state index in [9.17, 15) is 0 Å². The smallest absolute Gasteiger partial charge is 0.0540 e. The van der Waals surface area contributed by atoms with Crippen molar-refractivity contribution in [2.75, 3.05) is 19.6 Å². The molecule has 0 radical (unpaired) electrons. The molecule has 2 aromatic heterocycles. The highest BCUT2D eigenvalue weighted by Gasteiger charge is 2.23. The van der Waals surface area contributed by atoms with Crippen molar-refractivity contribution in [2.24, 2.45) is 0 Å². The molecule has 2 aliphatic carbocycles. The fourth-order valence-electron chi connectivity index (χ4n) is 11.6. The number of aryl methyl sites for hydroxylation is 2. The number of nitrogens with zero attached hydrogens (tertiary/aromatic N) is 4. The molecule has 466 valence electrons. The summed E-state index contributed by atoms with van der Waals surface area (Å²) in [4.78, 5) is 15.5. The lowest BCUT2D eigenvalue weighted by Crippen LogP contribution is -2.21. The first-order valence-corrected chi connectivity index (χ1v) is 33.2. The van der Waals surface area contributed by atoms with E-state index in [2.05, 4.69) is 370 Å². The molecular formula is C88H83N5S. The van der Waals surface area contributed by atoms with E-state index in [4.69, 9.17) is 6.42 Å². The van der Waals surface area contributed by atoms with Gasteiger partial charge >= 0.3 is 0 Å². The van der Waals surface area contributed by atoms with Crippen LogP contribution < -0.4 is 19.6 Å². The fourth-order valence-corrected chi connectivity index (χ4v) is 12.5. The van der Waals surface area contributed by atoms with Gasteiger partial charge in [-0.1, -0.05) is 127 Å². The number of allylic oxidation sites excluding steroid dienone is 18. The maximum absolute atomic E-state index is 5.99. The van der Waals surface area contributed by atoms with Gasteiger partial charge < -0.3 is 24.6 Å². The summed E-state index contributed by atoms with van der Waals surface area (Å²) in [7, 11) is 0. The minimum absolute atomic E-state index is 0.756. The van der Waals surface area contributed by atoms with Gasteiger partial charge in [-0.05, 0) is 272 Å². The molecule has 0 aliphatic heterocycles. The van der Waals surface area contributed by atoms with E-state index < -0.39 is 0 Å². The van der Waals surface area contributed by atoms with Gasteiger partial charge in [0.25, 0.3) is 0 Å². The minimum atomic E-state index is 0.756. The number of rotatable bonds is 19. The van der Waals surface area contributed by atoms with Crippen molar-refractivity contribution in [3.05, 3.63) is 335 Å². The summed E-state index contributed by atoms with van der Waals surface area (Å²) in [6, 6.07) is 68.9. The monoisotopic (exact) mass is 1240 g/mol. The zero-order valence-corrected chi connectivity index (χ0v) is 56.3. The number of H-pyrrole nitrogens is 1. The van der Waals surface area contributed by atoms with Crippen molar-refractivity contribution in [3.63, 3.8) is 0 Å². The summed E-state index contributed by atoms with van der Waals surface area (Å²) in [6.07, 6.45) is 47.8. The summed E-state index contributed by atoms with van der Waals surface area (Å²) < 4.78 is 0. The van der Waals surface area contributed by atoms with E-state index in [0.717, 1.165) is 123 Å². The Labute approximate surface area is 563 Å². The number of fused-ring (bicyclic) bond motifs is 1. The maximum atomic E-state index is 5.99. The van der Waals surface area contributed by atoms with Crippen molar-refractivity contribution in [3.8, 4) is 46.4 Å². The molecule has 7 aromatic carbocycles. The number of thiophene rings is 1. The first-order chi connectivity index (χ1) is 45.9. The summed E-state index contributed by atoms with van der Waals surface area (Å²) in [6.45, 7) is 16.5. The Bertz CT molecular complexity index is 4570. The summed E-state index contributed by atoms with van der Waals surface area (Å²) in [5, 5.41) is 2.36. The number of aromatic nitrogens is 1. The van der Waals surface area contributed by atoms with Gasteiger partial charge in [0.05, 0.1) is 11.4 Å². The second-order valence-corrected chi connectivity index (χ2v) is 24.9. The number of anilines is 9. The molecule has 0 fully saturated rings. The van der Waals surface area contributed by atoms with Gasteiger partial charge in [0.1, 0.15) is 0 Å². The van der Waals surface area contributed by atoms with Crippen molar-refractivity contribution in [2.45, 2.75) is 87.5 Å². The Morgan fingerprint density at radius 2 is 1.19 bits per heavy atom. The van der Waals surface area contributed by atoms with Gasteiger partial charge in [0, 0.05) is 95.9 Å². The Hall–Kier alpha value is -11.0. The molecule has 0 amide bonds. The molecule has 9 aromatic rings. The van der Waals surface area contributed by atoms with Crippen LogP contribution in [0, 0.1) is 38.5 Å². The predicted octanol–water partition coefficient (Wildman–Crippen LogP) is 25.2. The van der Waals surface area contributed by atoms with Crippen LogP contribution in [0.4, 0.5) is 51.2 Å². The zero-order chi connectivity index (χ0) is 65.8. The molecule has 0 atom stereocenters. The third-order valence-corrected chi connectivity index (χ3v) is 17.5. The highest BCUT2D eigenvalue weighted by atomic mass is 32.1. The van der Waals surface area contributed by atoms with Crippen LogP contribution in [-0.2, 0) is 0 Å².